The average Bonchev–Trinajstić information content (AvgIpc) is 2.89. The van der Waals surface area contributed by atoms with Gasteiger partial charge in [-0.15, -0.1) is 0 Å². The molecule has 166 valence electrons. The largest absolute Gasteiger partial charge is 0.335 e. The van der Waals surface area contributed by atoms with E-state index in [9.17, 15) is 9.59 Å². The van der Waals surface area contributed by atoms with E-state index in [0.717, 1.165) is 26.1 Å². The third-order valence-corrected chi connectivity index (χ3v) is 6.23. The van der Waals surface area contributed by atoms with Crippen molar-refractivity contribution >= 4 is 16.7 Å². The molecule has 3 aromatic carbocycles. The number of rotatable bonds is 5. The molecule has 1 aliphatic heterocycles. The minimum atomic E-state index is -0.223. The van der Waals surface area contributed by atoms with Crippen molar-refractivity contribution in [2.45, 2.75) is 6.42 Å². The normalized spacial score (nSPS) is 14.5. The van der Waals surface area contributed by atoms with E-state index in [1.54, 1.807) is 6.07 Å². The Labute approximate surface area is 192 Å². The first-order valence-corrected chi connectivity index (χ1v) is 11.3. The van der Waals surface area contributed by atoms with Crippen LogP contribution in [-0.4, -0.2) is 58.2 Å². The average molecular weight is 439 g/mol. The molecule has 4 aromatic rings. The third-order valence-electron chi connectivity index (χ3n) is 6.23. The van der Waals surface area contributed by atoms with E-state index in [0.29, 0.717) is 35.2 Å². The van der Waals surface area contributed by atoms with E-state index < -0.39 is 0 Å². The van der Waals surface area contributed by atoms with Gasteiger partial charge in [0.25, 0.3) is 11.5 Å². The fraction of sp³-hybridized carbons (Fsp3) is 0.222. The molecule has 2 heterocycles. The van der Waals surface area contributed by atoms with Crippen LogP contribution in [-0.2, 0) is 6.42 Å². The van der Waals surface area contributed by atoms with Crippen molar-refractivity contribution in [1.29, 1.82) is 0 Å². The molecule has 0 bridgehead atoms. The Morgan fingerprint density at radius 2 is 1.36 bits per heavy atom. The first kappa shape index (κ1) is 21.1. The molecule has 0 spiro atoms. The number of aromatic nitrogens is 2. The number of carbonyl (C=O) groups excluding carboxylic acids is 1. The molecule has 1 amide bonds. The lowest BCUT2D eigenvalue weighted by Crippen LogP contribution is -2.49. The second kappa shape index (κ2) is 9.38. The van der Waals surface area contributed by atoms with Crippen LogP contribution in [0.1, 0.15) is 16.1 Å². The summed E-state index contributed by atoms with van der Waals surface area (Å²) < 4.78 is 1.34. The van der Waals surface area contributed by atoms with Gasteiger partial charge in [-0.05, 0) is 30.2 Å². The Morgan fingerprint density at radius 3 is 2.06 bits per heavy atom. The molecule has 6 nitrogen and oxygen atoms in total. The number of nitrogens with zero attached hydrogens (tertiary/aromatic N) is 4. The minimum absolute atomic E-state index is 0.126. The second-order valence-electron chi connectivity index (χ2n) is 8.32. The van der Waals surface area contributed by atoms with Crippen LogP contribution in [0.3, 0.4) is 0 Å². The number of piperazine rings is 1. The van der Waals surface area contributed by atoms with Crippen LogP contribution in [0.2, 0.25) is 0 Å². The molecular weight excluding hydrogens is 412 g/mol. The Kier molecular flexibility index (Phi) is 6.00. The van der Waals surface area contributed by atoms with Gasteiger partial charge < -0.3 is 4.90 Å². The standard InChI is InChI=1S/C27H26N4O2/c32-26-24-14-8-7-13-23(24)25(28-31(26)22-11-5-2-6-12-22)27(33)30-19-17-29(18-20-30)16-15-21-9-3-1-4-10-21/h1-14H,15-20H2. The van der Waals surface area contributed by atoms with Crippen molar-refractivity contribution in [2.24, 2.45) is 0 Å². The third kappa shape index (κ3) is 4.43. The maximum Gasteiger partial charge on any atom is 0.279 e. The van der Waals surface area contributed by atoms with E-state index >= 15 is 0 Å². The smallest absolute Gasteiger partial charge is 0.279 e. The van der Waals surface area contributed by atoms with Gasteiger partial charge in [-0.1, -0.05) is 66.7 Å². The highest BCUT2D eigenvalue weighted by molar-refractivity contribution is 6.04. The van der Waals surface area contributed by atoms with Gasteiger partial charge in [-0.25, -0.2) is 0 Å². The molecular formula is C27H26N4O2. The van der Waals surface area contributed by atoms with Crippen molar-refractivity contribution < 1.29 is 4.79 Å². The van der Waals surface area contributed by atoms with E-state index in [4.69, 9.17) is 0 Å². The number of para-hydroxylation sites is 1. The van der Waals surface area contributed by atoms with Crippen LogP contribution in [0.4, 0.5) is 0 Å². The number of hydrogen-bond acceptors (Lipinski definition) is 4. The van der Waals surface area contributed by atoms with E-state index in [1.165, 1.54) is 10.2 Å². The van der Waals surface area contributed by atoms with Crippen molar-refractivity contribution in [3.63, 3.8) is 0 Å². The molecule has 6 heteroatoms. The quantitative estimate of drug-likeness (QED) is 0.479. The van der Waals surface area contributed by atoms with Gasteiger partial charge in [0.1, 0.15) is 0 Å². The molecule has 0 radical (unpaired) electrons. The van der Waals surface area contributed by atoms with Crippen molar-refractivity contribution in [3.05, 3.63) is 107 Å². The lowest BCUT2D eigenvalue weighted by Gasteiger charge is -2.34. The monoisotopic (exact) mass is 438 g/mol. The van der Waals surface area contributed by atoms with Gasteiger partial charge in [-0.2, -0.15) is 9.78 Å². The van der Waals surface area contributed by atoms with Crippen LogP contribution in [0, 0.1) is 0 Å². The fourth-order valence-electron chi connectivity index (χ4n) is 4.35. The Bertz CT molecular complexity index is 1310. The highest BCUT2D eigenvalue weighted by atomic mass is 16.2. The van der Waals surface area contributed by atoms with Crippen LogP contribution < -0.4 is 5.56 Å². The van der Waals surface area contributed by atoms with Crippen LogP contribution in [0.5, 0.6) is 0 Å². The number of benzene rings is 3. The highest BCUT2D eigenvalue weighted by Gasteiger charge is 2.26. The molecule has 1 aromatic heterocycles. The first-order chi connectivity index (χ1) is 16.2. The second-order valence-corrected chi connectivity index (χ2v) is 8.32. The van der Waals surface area contributed by atoms with Gasteiger partial charge in [0, 0.05) is 38.1 Å². The van der Waals surface area contributed by atoms with Gasteiger partial charge in [-0.3, -0.25) is 14.5 Å². The summed E-state index contributed by atoms with van der Waals surface area (Å²) in [5, 5.41) is 5.64. The molecule has 1 saturated heterocycles. The lowest BCUT2D eigenvalue weighted by molar-refractivity contribution is 0.0633. The van der Waals surface area contributed by atoms with Gasteiger partial charge in [0.05, 0.1) is 11.1 Å². The molecule has 0 aliphatic carbocycles. The van der Waals surface area contributed by atoms with Crippen LogP contribution in [0.15, 0.2) is 89.7 Å². The highest BCUT2D eigenvalue weighted by Crippen LogP contribution is 2.18. The van der Waals surface area contributed by atoms with Crippen molar-refractivity contribution in [1.82, 2.24) is 19.6 Å². The van der Waals surface area contributed by atoms with E-state index in [2.05, 4.69) is 34.3 Å². The van der Waals surface area contributed by atoms with Gasteiger partial charge in [0.2, 0.25) is 0 Å². The zero-order valence-electron chi connectivity index (χ0n) is 18.4. The zero-order valence-corrected chi connectivity index (χ0v) is 18.4. The Hall–Kier alpha value is -3.77. The van der Waals surface area contributed by atoms with Crippen molar-refractivity contribution in [3.8, 4) is 5.69 Å². The van der Waals surface area contributed by atoms with Crippen LogP contribution in [0.25, 0.3) is 16.5 Å². The van der Waals surface area contributed by atoms with Gasteiger partial charge >= 0.3 is 0 Å². The fourth-order valence-corrected chi connectivity index (χ4v) is 4.35. The Balaban J connectivity index is 1.37. The molecule has 5 rings (SSSR count). The van der Waals surface area contributed by atoms with Gasteiger partial charge in [0.15, 0.2) is 5.69 Å². The molecule has 0 saturated carbocycles. The SMILES string of the molecule is O=C(c1nn(-c2ccccc2)c(=O)c2ccccc12)N1CCN(CCc2ccccc2)CC1. The maximum absolute atomic E-state index is 13.5. The zero-order chi connectivity index (χ0) is 22.6. The van der Waals surface area contributed by atoms with E-state index in [1.807, 2.05) is 59.5 Å². The summed E-state index contributed by atoms with van der Waals surface area (Å²) in [7, 11) is 0. The first-order valence-electron chi connectivity index (χ1n) is 11.3. The summed E-state index contributed by atoms with van der Waals surface area (Å²) in [6, 6.07) is 26.9. The summed E-state index contributed by atoms with van der Waals surface area (Å²) in [6.45, 7) is 3.93. The maximum atomic E-state index is 13.5. The predicted molar refractivity (Wildman–Crippen MR) is 130 cm³/mol. The number of fused-ring (bicyclic) bond motifs is 1. The van der Waals surface area contributed by atoms with E-state index in [-0.39, 0.29) is 11.5 Å². The lowest BCUT2D eigenvalue weighted by atomic mass is 10.1. The number of hydrogen-bond donors (Lipinski definition) is 0. The molecule has 0 atom stereocenters. The Morgan fingerprint density at radius 1 is 0.758 bits per heavy atom. The molecule has 1 fully saturated rings. The molecule has 0 N–H and O–H groups in total. The topological polar surface area (TPSA) is 58.4 Å². The van der Waals surface area contributed by atoms with Crippen LogP contribution >= 0.6 is 0 Å². The predicted octanol–water partition coefficient (Wildman–Crippen LogP) is 3.39. The van der Waals surface area contributed by atoms with Crippen molar-refractivity contribution in [2.75, 3.05) is 32.7 Å². The number of carbonyl (C=O) groups is 1. The summed E-state index contributed by atoms with van der Waals surface area (Å²) in [5.41, 5.74) is 2.08. The summed E-state index contributed by atoms with van der Waals surface area (Å²) >= 11 is 0. The minimum Gasteiger partial charge on any atom is -0.335 e. The summed E-state index contributed by atoms with van der Waals surface area (Å²) in [4.78, 5) is 30.9. The molecule has 0 unspecified atom stereocenters. The summed E-state index contributed by atoms with van der Waals surface area (Å²) in [6.07, 6.45) is 1.00. The molecule has 33 heavy (non-hydrogen) atoms. The summed E-state index contributed by atoms with van der Waals surface area (Å²) in [5.74, 6) is -0.126. The molecule has 1 aliphatic rings. The number of amides is 1.